The van der Waals surface area contributed by atoms with Crippen molar-refractivity contribution in [3.63, 3.8) is 0 Å². The summed E-state index contributed by atoms with van der Waals surface area (Å²) < 4.78 is 17.6. The number of carbonyl (C=O) groups is 3. The van der Waals surface area contributed by atoms with Gasteiger partial charge in [-0.2, -0.15) is 0 Å². The lowest BCUT2D eigenvalue weighted by atomic mass is 10.1. The standard InChI is InChI=1S/C29H27BrN2O6/c1-5-37-22-10-8-21(9-11-22)32-28(34)23(27(33)31-29(32)35)13-20-14-24(30)26(25(15-20)36-4)38-16-19-7-6-17(2)18(3)12-19/h6-15H,5,16H2,1-4H3,(H,31,33,35)/b23-13+. The predicted octanol–water partition coefficient (Wildman–Crippen LogP) is 5.72. The number of hydrogen-bond donors (Lipinski definition) is 1. The van der Waals surface area contributed by atoms with E-state index in [0.717, 1.165) is 10.5 Å². The maximum absolute atomic E-state index is 13.3. The lowest BCUT2D eigenvalue weighted by Crippen LogP contribution is -2.54. The Balaban J connectivity index is 1.61. The summed E-state index contributed by atoms with van der Waals surface area (Å²) in [6, 6.07) is 15.1. The summed E-state index contributed by atoms with van der Waals surface area (Å²) in [5.41, 5.74) is 4.00. The highest BCUT2D eigenvalue weighted by Crippen LogP contribution is 2.38. The average molecular weight is 579 g/mol. The van der Waals surface area contributed by atoms with Gasteiger partial charge in [0.25, 0.3) is 11.8 Å². The van der Waals surface area contributed by atoms with Gasteiger partial charge in [-0.1, -0.05) is 18.2 Å². The Labute approximate surface area is 229 Å². The van der Waals surface area contributed by atoms with E-state index in [1.807, 2.05) is 26.0 Å². The quantitative estimate of drug-likeness (QED) is 0.271. The summed E-state index contributed by atoms with van der Waals surface area (Å²) in [5, 5.41) is 2.23. The van der Waals surface area contributed by atoms with E-state index < -0.39 is 17.8 Å². The van der Waals surface area contributed by atoms with Crippen LogP contribution in [0, 0.1) is 13.8 Å². The number of rotatable bonds is 8. The number of benzene rings is 3. The minimum absolute atomic E-state index is 0.198. The molecule has 4 amide bonds. The number of anilines is 1. The summed E-state index contributed by atoms with van der Waals surface area (Å²) in [4.78, 5) is 39.3. The Bertz CT molecular complexity index is 1430. The summed E-state index contributed by atoms with van der Waals surface area (Å²) >= 11 is 3.51. The number of imide groups is 2. The maximum Gasteiger partial charge on any atom is 0.335 e. The smallest absolute Gasteiger partial charge is 0.335 e. The van der Waals surface area contributed by atoms with Crippen LogP contribution in [0.15, 0.2) is 64.6 Å². The van der Waals surface area contributed by atoms with Crippen LogP contribution in [-0.4, -0.2) is 31.6 Å². The summed E-state index contributed by atoms with van der Waals surface area (Å²) in [7, 11) is 1.51. The molecule has 0 saturated carbocycles. The third kappa shape index (κ3) is 5.73. The van der Waals surface area contributed by atoms with Gasteiger partial charge in [-0.15, -0.1) is 0 Å². The van der Waals surface area contributed by atoms with E-state index in [1.165, 1.54) is 24.3 Å². The molecule has 1 fully saturated rings. The second-order valence-electron chi connectivity index (χ2n) is 8.63. The first kappa shape index (κ1) is 26.9. The fourth-order valence-corrected chi connectivity index (χ4v) is 4.50. The van der Waals surface area contributed by atoms with E-state index in [1.54, 1.807) is 36.4 Å². The highest BCUT2D eigenvalue weighted by atomic mass is 79.9. The van der Waals surface area contributed by atoms with Gasteiger partial charge in [-0.25, -0.2) is 9.69 Å². The molecule has 3 aromatic carbocycles. The topological polar surface area (TPSA) is 94.2 Å². The van der Waals surface area contributed by atoms with Gasteiger partial charge < -0.3 is 14.2 Å². The molecule has 196 valence electrons. The molecule has 1 aliphatic heterocycles. The number of barbiturate groups is 1. The van der Waals surface area contributed by atoms with Crippen LogP contribution >= 0.6 is 15.9 Å². The summed E-state index contributed by atoms with van der Waals surface area (Å²) in [6.45, 7) is 6.77. The van der Waals surface area contributed by atoms with E-state index in [9.17, 15) is 14.4 Å². The molecule has 1 aliphatic rings. The molecular formula is C29H27BrN2O6. The lowest BCUT2D eigenvalue weighted by molar-refractivity contribution is -0.122. The molecule has 1 saturated heterocycles. The molecule has 1 heterocycles. The number of ether oxygens (including phenoxy) is 3. The zero-order valence-electron chi connectivity index (χ0n) is 21.5. The molecule has 0 bridgehead atoms. The van der Waals surface area contributed by atoms with Crippen molar-refractivity contribution in [2.75, 3.05) is 18.6 Å². The Morgan fingerprint density at radius 2 is 1.68 bits per heavy atom. The first-order chi connectivity index (χ1) is 18.2. The van der Waals surface area contributed by atoms with Crippen molar-refractivity contribution in [2.24, 2.45) is 0 Å². The van der Waals surface area contributed by atoms with E-state index in [0.29, 0.717) is 46.2 Å². The van der Waals surface area contributed by atoms with E-state index in [-0.39, 0.29) is 5.57 Å². The zero-order valence-corrected chi connectivity index (χ0v) is 23.0. The number of aryl methyl sites for hydroxylation is 2. The van der Waals surface area contributed by atoms with Crippen LogP contribution in [0.2, 0.25) is 0 Å². The first-order valence-corrected chi connectivity index (χ1v) is 12.7. The van der Waals surface area contributed by atoms with Gasteiger partial charge in [0.2, 0.25) is 0 Å². The van der Waals surface area contributed by atoms with Crippen molar-refractivity contribution in [3.8, 4) is 17.2 Å². The van der Waals surface area contributed by atoms with Gasteiger partial charge in [0.1, 0.15) is 17.9 Å². The van der Waals surface area contributed by atoms with Crippen molar-refractivity contribution >= 4 is 45.5 Å². The number of carbonyl (C=O) groups excluding carboxylic acids is 3. The van der Waals surface area contributed by atoms with E-state index in [4.69, 9.17) is 14.2 Å². The van der Waals surface area contributed by atoms with Crippen molar-refractivity contribution in [3.05, 3.63) is 86.9 Å². The molecule has 9 heteroatoms. The van der Waals surface area contributed by atoms with Crippen molar-refractivity contribution in [1.82, 2.24) is 5.32 Å². The predicted molar refractivity (Wildman–Crippen MR) is 148 cm³/mol. The number of nitrogens with zero attached hydrogens (tertiary/aromatic N) is 1. The lowest BCUT2D eigenvalue weighted by Gasteiger charge is -2.26. The average Bonchev–Trinajstić information content (AvgIpc) is 2.88. The summed E-state index contributed by atoms with van der Waals surface area (Å²) in [5.74, 6) is -0.0261. The molecule has 0 aromatic heterocycles. The molecule has 38 heavy (non-hydrogen) atoms. The molecule has 0 spiro atoms. The van der Waals surface area contributed by atoms with Crippen LogP contribution in [0.4, 0.5) is 10.5 Å². The van der Waals surface area contributed by atoms with Gasteiger partial charge in [0.05, 0.1) is 23.9 Å². The molecule has 0 unspecified atom stereocenters. The van der Waals surface area contributed by atoms with E-state index >= 15 is 0 Å². The number of nitrogens with one attached hydrogen (secondary N) is 1. The molecule has 3 aromatic rings. The fraction of sp³-hybridized carbons (Fsp3) is 0.207. The first-order valence-electron chi connectivity index (χ1n) is 11.9. The van der Waals surface area contributed by atoms with Crippen molar-refractivity contribution < 1.29 is 28.6 Å². The highest BCUT2D eigenvalue weighted by Gasteiger charge is 2.37. The second kappa shape index (κ2) is 11.5. The zero-order chi connectivity index (χ0) is 27.4. The van der Waals surface area contributed by atoms with Crippen molar-refractivity contribution in [1.29, 1.82) is 0 Å². The van der Waals surface area contributed by atoms with Crippen LogP contribution in [0.5, 0.6) is 17.2 Å². The summed E-state index contributed by atoms with van der Waals surface area (Å²) in [6.07, 6.45) is 1.41. The Kier molecular flexibility index (Phi) is 8.16. The fourth-order valence-electron chi connectivity index (χ4n) is 3.93. The minimum atomic E-state index is -0.824. The SMILES string of the molecule is CCOc1ccc(N2C(=O)NC(=O)/C(=C\c3cc(Br)c(OCc4ccc(C)c(C)c4)c(OC)c3)C2=O)cc1. The molecule has 4 rings (SSSR count). The molecule has 1 N–H and O–H groups in total. The van der Waals surface area contributed by atoms with Gasteiger partial charge in [0, 0.05) is 0 Å². The Hall–Kier alpha value is -4.11. The molecule has 8 nitrogen and oxygen atoms in total. The number of urea groups is 1. The van der Waals surface area contributed by atoms with Crippen LogP contribution in [0.1, 0.15) is 29.2 Å². The van der Waals surface area contributed by atoms with Gasteiger partial charge in [-0.05, 0) is 101 Å². The molecule has 0 aliphatic carbocycles. The Morgan fingerprint density at radius 1 is 0.947 bits per heavy atom. The number of halogens is 1. The number of methoxy groups -OCH3 is 1. The maximum atomic E-state index is 13.3. The minimum Gasteiger partial charge on any atom is -0.494 e. The van der Waals surface area contributed by atoms with Crippen LogP contribution in [0.25, 0.3) is 6.08 Å². The second-order valence-corrected chi connectivity index (χ2v) is 9.48. The molecule has 0 radical (unpaired) electrons. The number of hydrogen-bond acceptors (Lipinski definition) is 6. The monoisotopic (exact) mass is 578 g/mol. The molecular weight excluding hydrogens is 552 g/mol. The van der Waals surface area contributed by atoms with Crippen LogP contribution in [-0.2, 0) is 16.2 Å². The van der Waals surface area contributed by atoms with Crippen molar-refractivity contribution in [2.45, 2.75) is 27.4 Å². The third-order valence-electron chi connectivity index (χ3n) is 6.02. The van der Waals surface area contributed by atoms with Gasteiger partial charge in [0.15, 0.2) is 11.5 Å². The molecule has 0 atom stereocenters. The van der Waals surface area contributed by atoms with Crippen LogP contribution < -0.4 is 24.4 Å². The van der Waals surface area contributed by atoms with Gasteiger partial charge >= 0.3 is 6.03 Å². The normalized spacial score (nSPS) is 14.5. The highest BCUT2D eigenvalue weighted by molar-refractivity contribution is 9.10. The number of amides is 4. The largest absolute Gasteiger partial charge is 0.494 e. The Morgan fingerprint density at radius 3 is 2.34 bits per heavy atom. The van der Waals surface area contributed by atoms with Crippen LogP contribution in [0.3, 0.4) is 0 Å². The third-order valence-corrected chi connectivity index (χ3v) is 6.61. The van der Waals surface area contributed by atoms with E-state index in [2.05, 4.69) is 34.2 Å². The van der Waals surface area contributed by atoms with Gasteiger partial charge in [-0.3, -0.25) is 14.9 Å².